The van der Waals surface area contributed by atoms with Crippen LogP contribution in [0.1, 0.15) is 59.3 Å². The first-order valence-electron chi connectivity index (χ1n) is 7.15. The van der Waals surface area contributed by atoms with Crippen molar-refractivity contribution < 1.29 is 0 Å². The summed E-state index contributed by atoms with van der Waals surface area (Å²) in [5, 5.41) is 0. The molecule has 0 aromatic rings. The quantitative estimate of drug-likeness (QED) is 0.719. The minimum absolute atomic E-state index is 0.283. The van der Waals surface area contributed by atoms with Crippen LogP contribution < -0.4 is 5.73 Å². The van der Waals surface area contributed by atoms with E-state index in [1.807, 2.05) is 0 Å². The van der Waals surface area contributed by atoms with Gasteiger partial charge in [0.15, 0.2) is 0 Å². The molecule has 1 heteroatoms. The number of rotatable bonds is 1. The van der Waals surface area contributed by atoms with Crippen molar-refractivity contribution in [2.75, 3.05) is 0 Å². The number of nitrogens with two attached hydrogens (primary N) is 1. The molecule has 0 aromatic heterocycles. The second kappa shape index (κ2) is 3.25. The second-order valence-electron chi connectivity index (χ2n) is 8.12. The molecule has 0 spiro atoms. The van der Waals surface area contributed by atoms with Gasteiger partial charge < -0.3 is 5.73 Å². The van der Waals surface area contributed by atoms with E-state index in [1.165, 1.54) is 38.5 Å². The molecule has 0 heterocycles. The molecule has 1 atom stereocenters. The molecule has 4 saturated carbocycles. The van der Waals surface area contributed by atoms with Gasteiger partial charge in [-0.2, -0.15) is 0 Å². The average Bonchev–Trinajstić information content (AvgIpc) is 2.12. The summed E-state index contributed by atoms with van der Waals surface area (Å²) in [7, 11) is 0. The van der Waals surface area contributed by atoms with Gasteiger partial charge in [-0.1, -0.05) is 20.8 Å². The molecule has 0 saturated heterocycles. The van der Waals surface area contributed by atoms with E-state index in [-0.39, 0.29) is 5.41 Å². The van der Waals surface area contributed by atoms with Crippen LogP contribution in [-0.4, -0.2) is 6.04 Å². The maximum Gasteiger partial charge on any atom is 0.0145 e. The third kappa shape index (κ3) is 1.54. The minimum Gasteiger partial charge on any atom is -0.327 e. The van der Waals surface area contributed by atoms with Crippen molar-refractivity contribution in [3.63, 3.8) is 0 Å². The molecule has 4 fully saturated rings. The fourth-order valence-electron chi connectivity index (χ4n) is 5.48. The third-order valence-electron chi connectivity index (χ3n) is 5.68. The van der Waals surface area contributed by atoms with Gasteiger partial charge >= 0.3 is 0 Å². The maximum atomic E-state index is 6.65. The van der Waals surface area contributed by atoms with Crippen LogP contribution in [0.15, 0.2) is 0 Å². The lowest BCUT2D eigenvalue weighted by atomic mass is 9.46. The van der Waals surface area contributed by atoms with Crippen molar-refractivity contribution in [2.45, 2.75) is 65.3 Å². The van der Waals surface area contributed by atoms with Gasteiger partial charge in [0.25, 0.3) is 0 Å². The first-order valence-corrected chi connectivity index (χ1v) is 7.15. The monoisotopic (exact) mass is 221 g/mol. The van der Waals surface area contributed by atoms with Gasteiger partial charge in [-0.3, -0.25) is 0 Å². The second-order valence-corrected chi connectivity index (χ2v) is 8.12. The van der Waals surface area contributed by atoms with Crippen LogP contribution in [0.5, 0.6) is 0 Å². The van der Waals surface area contributed by atoms with E-state index in [0.717, 1.165) is 17.8 Å². The summed E-state index contributed by atoms with van der Waals surface area (Å²) in [5.74, 6) is 3.08. The van der Waals surface area contributed by atoms with E-state index in [9.17, 15) is 0 Å². The zero-order chi connectivity index (χ0) is 11.6. The highest BCUT2D eigenvalue weighted by Crippen LogP contribution is 2.62. The molecule has 0 aromatic carbocycles. The maximum absolute atomic E-state index is 6.65. The van der Waals surface area contributed by atoms with E-state index < -0.39 is 0 Å². The van der Waals surface area contributed by atoms with Gasteiger partial charge in [0.1, 0.15) is 0 Å². The lowest BCUT2D eigenvalue weighted by molar-refractivity contribution is -0.0853. The van der Waals surface area contributed by atoms with Crippen LogP contribution in [0, 0.1) is 28.6 Å². The van der Waals surface area contributed by atoms with Gasteiger partial charge in [-0.15, -0.1) is 0 Å². The smallest absolute Gasteiger partial charge is 0.0145 e. The minimum atomic E-state index is 0.283. The van der Waals surface area contributed by atoms with Crippen LogP contribution >= 0.6 is 0 Å². The van der Waals surface area contributed by atoms with Crippen LogP contribution in [0.25, 0.3) is 0 Å². The number of hydrogen-bond acceptors (Lipinski definition) is 1. The summed E-state index contributed by atoms with van der Waals surface area (Å²) in [6, 6.07) is 0.411. The molecular weight excluding hydrogens is 194 g/mol. The molecule has 4 rings (SSSR count). The van der Waals surface area contributed by atoms with Crippen molar-refractivity contribution in [1.29, 1.82) is 0 Å². The summed E-state index contributed by atoms with van der Waals surface area (Å²) in [6.45, 7) is 6.99. The average molecular weight is 221 g/mol. The predicted molar refractivity (Wildman–Crippen MR) is 68.0 cm³/mol. The molecule has 16 heavy (non-hydrogen) atoms. The van der Waals surface area contributed by atoms with Crippen molar-refractivity contribution in [1.82, 2.24) is 0 Å². The molecule has 92 valence electrons. The molecule has 4 bridgehead atoms. The van der Waals surface area contributed by atoms with E-state index in [1.54, 1.807) is 0 Å². The van der Waals surface area contributed by atoms with Crippen LogP contribution in [0.3, 0.4) is 0 Å². The fourth-order valence-corrected chi connectivity index (χ4v) is 5.48. The molecule has 1 nitrogen and oxygen atoms in total. The molecule has 0 radical (unpaired) electrons. The van der Waals surface area contributed by atoms with Crippen LogP contribution in [0.4, 0.5) is 0 Å². The molecule has 4 aliphatic rings. The Bertz CT molecular complexity index is 251. The third-order valence-corrected chi connectivity index (χ3v) is 5.68. The van der Waals surface area contributed by atoms with Crippen molar-refractivity contribution in [3.05, 3.63) is 0 Å². The Morgan fingerprint density at radius 3 is 1.62 bits per heavy atom. The normalized spacial score (nSPS) is 48.4. The van der Waals surface area contributed by atoms with Gasteiger partial charge in [-0.25, -0.2) is 0 Å². The largest absolute Gasteiger partial charge is 0.327 e. The predicted octanol–water partition coefficient (Wildman–Crippen LogP) is 3.58. The Morgan fingerprint density at radius 2 is 1.31 bits per heavy atom. The lowest BCUT2D eigenvalue weighted by Crippen LogP contribution is -2.58. The van der Waals surface area contributed by atoms with Gasteiger partial charge in [-0.05, 0) is 67.1 Å². The molecular formula is C15H27N. The van der Waals surface area contributed by atoms with E-state index >= 15 is 0 Å². The SMILES string of the molecule is CC(C)(C)C(N)C12CC3CC(CC(C3)C1)C2. The van der Waals surface area contributed by atoms with Gasteiger partial charge in [0, 0.05) is 6.04 Å². The standard InChI is InChI=1S/C15H27N/c1-14(2,3)13(16)15-7-10-4-11(8-15)6-12(5-10)9-15/h10-13H,4-9,16H2,1-3H3. The highest BCUT2D eigenvalue weighted by atomic mass is 14.8. The molecule has 0 aliphatic heterocycles. The Kier molecular flexibility index (Phi) is 2.25. The van der Waals surface area contributed by atoms with E-state index in [2.05, 4.69) is 20.8 Å². The summed E-state index contributed by atoms with van der Waals surface area (Å²) < 4.78 is 0. The highest BCUT2D eigenvalue weighted by molar-refractivity contribution is 5.07. The lowest BCUT2D eigenvalue weighted by Gasteiger charge is -2.61. The fraction of sp³-hybridized carbons (Fsp3) is 1.00. The van der Waals surface area contributed by atoms with Crippen LogP contribution in [0.2, 0.25) is 0 Å². The van der Waals surface area contributed by atoms with Crippen LogP contribution in [-0.2, 0) is 0 Å². The zero-order valence-electron chi connectivity index (χ0n) is 11.1. The molecule has 0 amide bonds. The van der Waals surface area contributed by atoms with Crippen molar-refractivity contribution in [3.8, 4) is 0 Å². The number of hydrogen-bond donors (Lipinski definition) is 1. The first kappa shape index (κ1) is 11.1. The molecule has 1 unspecified atom stereocenters. The first-order chi connectivity index (χ1) is 7.39. The summed E-state index contributed by atoms with van der Waals surface area (Å²) in [4.78, 5) is 0. The van der Waals surface area contributed by atoms with E-state index in [4.69, 9.17) is 5.73 Å². The Hall–Kier alpha value is -0.0400. The van der Waals surface area contributed by atoms with Crippen molar-refractivity contribution >= 4 is 0 Å². The Balaban J connectivity index is 1.88. The molecule has 4 aliphatic carbocycles. The summed E-state index contributed by atoms with van der Waals surface area (Å²) >= 11 is 0. The van der Waals surface area contributed by atoms with E-state index in [0.29, 0.717) is 11.5 Å². The molecule has 2 N–H and O–H groups in total. The zero-order valence-corrected chi connectivity index (χ0v) is 11.1. The highest BCUT2D eigenvalue weighted by Gasteiger charge is 2.55. The summed E-state index contributed by atoms with van der Waals surface area (Å²) in [5.41, 5.74) is 7.45. The van der Waals surface area contributed by atoms with Crippen molar-refractivity contribution in [2.24, 2.45) is 34.3 Å². The summed E-state index contributed by atoms with van der Waals surface area (Å²) in [6.07, 6.45) is 8.90. The van der Waals surface area contributed by atoms with Gasteiger partial charge in [0.05, 0.1) is 0 Å². The Morgan fingerprint density at radius 1 is 0.938 bits per heavy atom. The van der Waals surface area contributed by atoms with Gasteiger partial charge in [0.2, 0.25) is 0 Å². The Labute approximate surface area is 100 Å². The topological polar surface area (TPSA) is 26.0 Å².